The molecule has 2 rings (SSSR count). The Labute approximate surface area is 106 Å². The van der Waals surface area contributed by atoms with E-state index in [0.29, 0.717) is 24.7 Å². The molecule has 0 radical (unpaired) electrons. The van der Waals surface area contributed by atoms with Gasteiger partial charge in [0.1, 0.15) is 17.3 Å². The van der Waals surface area contributed by atoms with E-state index >= 15 is 0 Å². The van der Waals surface area contributed by atoms with Gasteiger partial charge in [0, 0.05) is 25.7 Å². The van der Waals surface area contributed by atoms with Crippen molar-refractivity contribution in [2.45, 2.75) is 19.0 Å². The number of halogens is 2. The van der Waals surface area contributed by atoms with Crippen molar-refractivity contribution in [1.29, 1.82) is 0 Å². The molecule has 3 nitrogen and oxygen atoms in total. The lowest BCUT2D eigenvalue weighted by Gasteiger charge is -2.23. The molecule has 0 bridgehead atoms. The molecule has 0 aliphatic carbocycles. The summed E-state index contributed by atoms with van der Waals surface area (Å²) in [5.41, 5.74) is 5.96. The molecule has 1 fully saturated rings. The minimum absolute atomic E-state index is 0.0801. The standard InChI is InChI=1S/C13H19F2N3/c1-17(2)10-3-4-18(8-10)13-11(14)5-9(7-16)6-12(13)15/h5-6,10H,3-4,7-8,16H2,1-2H3. The number of rotatable bonds is 3. The van der Waals surface area contributed by atoms with Gasteiger partial charge in [-0.05, 0) is 38.2 Å². The van der Waals surface area contributed by atoms with Crippen LogP contribution in [-0.4, -0.2) is 38.1 Å². The summed E-state index contributed by atoms with van der Waals surface area (Å²) in [5, 5.41) is 0. The van der Waals surface area contributed by atoms with Crippen molar-refractivity contribution in [2.75, 3.05) is 32.1 Å². The Morgan fingerprint density at radius 2 is 1.94 bits per heavy atom. The van der Waals surface area contributed by atoms with Crippen LogP contribution in [0.1, 0.15) is 12.0 Å². The highest BCUT2D eigenvalue weighted by Gasteiger charge is 2.28. The van der Waals surface area contributed by atoms with Gasteiger partial charge >= 0.3 is 0 Å². The summed E-state index contributed by atoms with van der Waals surface area (Å²) in [5.74, 6) is -1.04. The maximum Gasteiger partial charge on any atom is 0.149 e. The van der Waals surface area contributed by atoms with Crippen LogP contribution >= 0.6 is 0 Å². The quantitative estimate of drug-likeness (QED) is 0.889. The average Bonchev–Trinajstić information content (AvgIpc) is 2.77. The zero-order valence-corrected chi connectivity index (χ0v) is 10.8. The molecule has 0 spiro atoms. The topological polar surface area (TPSA) is 32.5 Å². The molecule has 1 aliphatic heterocycles. The molecule has 5 heteroatoms. The highest BCUT2D eigenvalue weighted by atomic mass is 19.1. The number of likely N-dealkylation sites (N-methyl/N-ethyl adjacent to an activating group) is 1. The predicted octanol–water partition coefficient (Wildman–Crippen LogP) is 1.56. The van der Waals surface area contributed by atoms with Crippen LogP contribution in [0.25, 0.3) is 0 Å². The normalized spacial score (nSPS) is 19.9. The van der Waals surface area contributed by atoms with Crippen molar-refractivity contribution in [3.63, 3.8) is 0 Å². The Bertz CT molecular complexity index is 411. The molecule has 0 amide bonds. The Balaban J connectivity index is 2.24. The van der Waals surface area contributed by atoms with Gasteiger partial charge in [-0.15, -0.1) is 0 Å². The summed E-state index contributed by atoms with van der Waals surface area (Å²) < 4.78 is 27.9. The van der Waals surface area contributed by atoms with Crippen LogP contribution in [-0.2, 0) is 6.54 Å². The van der Waals surface area contributed by atoms with Crippen molar-refractivity contribution in [1.82, 2.24) is 4.90 Å². The van der Waals surface area contributed by atoms with E-state index in [9.17, 15) is 8.78 Å². The van der Waals surface area contributed by atoms with Crippen LogP contribution in [0, 0.1) is 11.6 Å². The second kappa shape index (κ2) is 5.20. The summed E-state index contributed by atoms with van der Waals surface area (Å²) in [6, 6.07) is 2.99. The predicted molar refractivity (Wildman–Crippen MR) is 68.6 cm³/mol. The molecule has 0 saturated carbocycles. The maximum absolute atomic E-state index is 13.9. The second-order valence-corrected chi connectivity index (χ2v) is 4.96. The number of anilines is 1. The molecule has 1 saturated heterocycles. The summed E-state index contributed by atoms with van der Waals surface area (Å²) >= 11 is 0. The van der Waals surface area contributed by atoms with Gasteiger partial charge in [-0.2, -0.15) is 0 Å². The molecule has 1 aliphatic rings. The molecule has 1 unspecified atom stereocenters. The average molecular weight is 255 g/mol. The molecule has 0 aromatic heterocycles. The third kappa shape index (κ3) is 2.47. The largest absolute Gasteiger partial charge is 0.365 e. The minimum atomic E-state index is -0.519. The number of hydrogen-bond acceptors (Lipinski definition) is 3. The Kier molecular flexibility index (Phi) is 3.82. The van der Waals surface area contributed by atoms with Crippen molar-refractivity contribution in [3.8, 4) is 0 Å². The fraction of sp³-hybridized carbons (Fsp3) is 0.538. The van der Waals surface area contributed by atoms with Crippen molar-refractivity contribution >= 4 is 5.69 Å². The third-order valence-electron chi connectivity index (χ3n) is 3.52. The number of nitrogens with zero attached hydrogens (tertiary/aromatic N) is 2. The first kappa shape index (κ1) is 13.2. The van der Waals surface area contributed by atoms with Gasteiger partial charge in [0.05, 0.1) is 0 Å². The summed E-state index contributed by atoms with van der Waals surface area (Å²) in [7, 11) is 3.97. The van der Waals surface area contributed by atoms with Crippen molar-refractivity contribution < 1.29 is 8.78 Å². The second-order valence-electron chi connectivity index (χ2n) is 4.96. The molecule has 1 heterocycles. The van der Waals surface area contributed by atoms with Gasteiger partial charge in [-0.25, -0.2) is 8.78 Å². The van der Waals surface area contributed by atoms with Crippen LogP contribution in [0.15, 0.2) is 12.1 Å². The third-order valence-corrected chi connectivity index (χ3v) is 3.52. The fourth-order valence-corrected chi connectivity index (χ4v) is 2.40. The van der Waals surface area contributed by atoms with Gasteiger partial charge in [-0.1, -0.05) is 0 Å². The van der Waals surface area contributed by atoms with E-state index in [-0.39, 0.29) is 12.2 Å². The lowest BCUT2D eigenvalue weighted by Crippen LogP contribution is -2.32. The van der Waals surface area contributed by atoms with Gasteiger partial charge in [0.15, 0.2) is 0 Å². The van der Waals surface area contributed by atoms with E-state index in [1.807, 2.05) is 14.1 Å². The molecule has 1 aromatic carbocycles. The molecule has 1 atom stereocenters. The molecule has 18 heavy (non-hydrogen) atoms. The van der Waals surface area contributed by atoms with Gasteiger partial charge in [0.25, 0.3) is 0 Å². The van der Waals surface area contributed by atoms with Crippen LogP contribution in [0.2, 0.25) is 0 Å². The fourth-order valence-electron chi connectivity index (χ4n) is 2.40. The van der Waals surface area contributed by atoms with E-state index in [2.05, 4.69) is 4.90 Å². The molecule has 2 N–H and O–H groups in total. The van der Waals surface area contributed by atoms with E-state index < -0.39 is 11.6 Å². The van der Waals surface area contributed by atoms with Crippen LogP contribution in [0.3, 0.4) is 0 Å². The Morgan fingerprint density at radius 3 is 2.39 bits per heavy atom. The van der Waals surface area contributed by atoms with E-state index in [4.69, 9.17) is 5.73 Å². The first-order chi connectivity index (χ1) is 8.52. The van der Waals surface area contributed by atoms with Crippen LogP contribution in [0.5, 0.6) is 0 Å². The minimum Gasteiger partial charge on any atom is -0.365 e. The summed E-state index contributed by atoms with van der Waals surface area (Å²) in [6.45, 7) is 1.48. The molecule has 100 valence electrons. The van der Waals surface area contributed by atoms with Crippen LogP contribution < -0.4 is 10.6 Å². The molecular weight excluding hydrogens is 236 g/mol. The van der Waals surface area contributed by atoms with Crippen molar-refractivity contribution in [2.24, 2.45) is 5.73 Å². The number of hydrogen-bond donors (Lipinski definition) is 1. The first-order valence-corrected chi connectivity index (χ1v) is 6.12. The van der Waals surface area contributed by atoms with E-state index in [1.165, 1.54) is 12.1 Å². The van der Waals surface area contributed by atoms with Crippen LogP contribution in [0.4, 0.5) is 14.5 Å². The highest BCUT2D eigenvalue weighted by molar-refractivity contribution is 5.51. The van der Waals surface area contributed by atoms with Gasteiger partial charge in [0.2, 0.25) is 0 Å². The van der Waals surface area contributed by atoms with Gasteiger partial charge in [-0.3, -0.25) is 0 Å². The maximum atomic E-state index is 13.9. The summed E-state index contributed by atoms with van der Waals surface area (Å²) in [6.07, 6.45) is 0.921. The van der Waals surface area contributed by atoms with Gasteiger partial charge < -0.3 is 15.5 Å². The Hall–Kier alpha value is -1.20. The van der Waals surface area contributed by atoms with E-state index in [0.717, 1.165) is 6.42 Å². The number of benzene rings is 1. The first-order valence-electron chi connectivity index (χ1n) is 6.12. The number of nitrogens with two attached hydrogens (primary N) is 1. The lowest BCUT2D eigenvalue weighted by molar-refractivity contribution is 0.315. The van der Waals surface area contributed by atoms with Crippen molar-refractivity contribution in [3.05, 3.63) is 29.3 Å². The molecule has 1 aromatic rings. The molecular formula is C13H19F2N3. The Morgan fingerprint density at radius 1 is 1.33 bits per heavy atom. The lowest BCUT2D eigenvalue weighted by atomic mass is 10.1. The monoisotopic (exact) mass is 255 g/mol. The zero-order valence-electron chi connectivity index (χ0n) is 10.8. The summed E-state index contributed by atoms with van der Waals surface area (Å²) in [4.78, 5) is 3.86. The SMILES string of the molecule is CN(C)C1CCN(c2c(F)cc(CN)cc2F)C1. The van der Waals surface area contributed by atoms with E-state index in [1.54, 1.807) is 4.90 Å². The smallest absolute Gasteiger partial charge is 0.149 e. The zero-order chi connectivity index (χ0) is 13.3. The highest BCUT2D eigenvalue weighted by Crippen LogP contribution is 2.28.